The Kier molecular flexibility index (Phi) is 4.95. The lowest BCUT2D eigenvalue weighted by Crippen LogP contribution is -2.50. The van der Waals surface area contributed by atoms with Crippen LogP contribution in [0.15, 0.2) is 0 Å². The first-order valence-electron chi connectivity index (χ1n) is 6.38. The Bertz CT molecular complexity index is 303. The van der Waals surface area contributed by atoms with Crippen LogP contribution in [0.5, 0.6) is 0 Å². The van der Waals surface area contributed by atoms with Gasteiger partial charge in [0.2, 0.25) is 5.91 Å². The summed E-state index contributed by atoms with van der Waals surface area (Å²) in [6.45, 7) is 8.39. The second-order valence-corrected chi connectivity index (χ2v) is 4.79. The molecule has 0 bridgehead atoms. The second kappa shape index (κ2) is 6.02. The van der Waals surface area contributed by atoms with E-state index in [1.807, 2.05) is 13.8 Å². The normalized spacial score (nSPS) is 27.1. The standard InChI is InChI=1S/C13H22N2O2/c1-4-15(6-7-17-5-2)12(16)13(10-14)8-11(3)9-13/h11H,4-9H2,1-3H3. The Morgan fingerprint density at radius 2 is 2.18 bits per heavy atom. The highest BCUT2D eigenvalue weighted by Gasteiger charge is 2.50. The number of amides is 1. The molecule has 0 aromatic rings. The molecule has 0 spiro atoms. The molecule has 17 heavy (non-hydrogen) atoms. The molecule has 96 valence electrons. The van der Waals surface area contributed by atoms with Gasteiger partial charge < -0.3 is 9.64 Å². The topological polar surface area (TPSA) is 53.3 Å². The van der Waals surface area contributed by atoms with Crippen molar-refractivity contribution in [2.24, 2.45) is 11.3 Å². The number of carbonyl (C=O) groups is 1. The quantitative estimate of drug-likeness (QED) is 0.663. The zero-order valence-electron chi connectivity index (χ0n) is 11.0. The Hall–Kier alpha value is -1.08. The minimum Gasteiger partial charge on any atom is -0.380 e. The first kappa shape index (κ1) is 14.0. The predicted octanol–water partition coefficient (Wildman–Crippen LogP) is 1.81. The Morgan fingerprint density at radius 1 is 1.53 bits per heavy atom. The molecule has 0 atom stereocenters. The van der Waals surface area contributed by atoms with Gasteiger partial charge in [0.1, 0.15) is 5.41 Å². The summed E-state index contributed by atoms with van der Waals surface area (Å²) in [5, 5.41) is 9.21. The molecular formula is C13H22N2O2. The van der Waals surface area contributed by atoms with Gasteiger partial charge >= 0.3 is 0 Å². The molecular weight excluding hydrogens is 216 g/mol. The molecule has 0 aliphatic heterocycles. The number of rotatable bonds is 6. The molecule has 1 saturated carbocycles. The Labute approximate surface area is 104 Å². The zero-order valence-corrected chi connectivity index (χ0v) is 11.0. The van der Waals surface area contributed by atoms with Crippen LogP contribution in [0.3, 0.4) is 0 Å². The van der Waals surface area contributed by atoms with Crippen LogP contribution in [0.4, 0.5) is 0 Å². The number of hydrogen-bond donors (Lipinski definition) is 0. The fourth-order valence-electron chi connectivity index (χ4n) is 2.47. The van der Waals surface area contributed by atoms with Gasteiger partial charge in [0.25, 0.3) is 0 Å². The van der Waals surface area contributed by atoms with Crippen molar-refractivity contribution in [3.63, 3.8) is 0 Å². The summed E-state index contributed by atoms with van der Waals surface area (Å²) >= 11 is 0. The molecule has 4 nitrogen and oxygen atoms in total. The van der Waals surface area contributed by atoms with Crippen molar-refractivity contribution in [3.8, 4) is 6.07 Å². The molecule has 1 aliphatic carbocycles. The van der Waals surface area contributed by atoms with E-state index in [1.165, 1.54) is 0 Å². The van der Waals surface area contributed by atoms with Crippen LogP contribution in [0.1, 0.15) is 33.6 Å². The van der Waals surface area contributed by atoms with E-state index < -0.39 is 5.41 Å². The zero-order chi connectivity index (χ0) is 12.9. The lowest BCUT2D eigenvalue weighted by Gasteiger charge is -2.42. The van der Waals surface area contributed by atoms with Crippen LogP contribution in [0.25, 0.3) is 0 Å². The molecule has 1 fully saturated rings. The molecule has 0 aromatic heterocycles. The number of nitrogens with zero attached hydrogens (tertiary/aromatic N) is 2. The van der Waals surface area contributed by atoms with E-state index >= 15 is 0 Å². The molecule has 1 aliphatic rings. The summed E-state index contributed by atoms with van der Waals surface area (Å²) in [4.78, 5) is 14.0. The molecule has 1 rings (SSSR count). The minimum absolute atomic E-state index is 0.0136. The fraction of sp³-hybridized carbons (Fsp3) is 0.846. The van der Waals surface area contributed by atoms with E-state index in [-0.39, 0.29) is 5.91 Å². The molecule has 0 saturated heterocycles. The van der Waals surface area contributed by atoms with Crippen molar-refractivity contribution >= 4 is 5.91 Å². The molecule has 0 aromatic carbocycles. The lowest BCUT2D eigenvalue weighted by molar-refractivity contribution is -0.145. The van der Waals surface area contributed by atoms with Crippen molar-refractivity contribution in [3.05, 3.63) is 0 Å². The molecule has 0 N–H and O–H groups in total. The van der Waals surface area contributed by atoms with Gasteiger partial charge in [-0.1, -0.05) is 6.92 Å². The average Bonchev–Trinajstić information content (AvgIpc) is 2.29. The third kappa shape index (κ3) is 2.98. The summed E-state index contributed by atoms with van der Waals surface area (Å²) in [6.07, 6.45) is 1.40. The number of hydrogen-bond acceptors (Lipinski definition) is 3. The van der Waals surface area contributed by atoms with Gasteiger partial charge in [-0.05, 0) is 32.6 Å². The summed E-state index contributed by atoms with van der Waals surface area (Å²) in [5.74, 6) is 0.476. The van der Waals surface area contributed by atoms with E-state index in [1.54, 1.807) is 4.90 Å². The van der Waals surface area contributed by atoms with Crippen LogP contribution in [-0.4, -0.2) is 37.1 Å². The van der Waals surface area contributed by atoms with Crippen molar-refractivity contribution in [1.82, 2.24) is 4.90 Å². The van der Waals surface area contributed by atoms with E-state index in [4.69, 9.17) is 4.74 Å². The van der Waals surface area contributed by atoms with Crippen LogP contribution >= 0.6 is 0 Å². The molecule has 0 heterocycles. The highest BCUT2D eigenvalue weighted by Crippen LogP contribution is 2.46. The lowest BCUT2D eigenvalue weighted by atomic mass is 9.62. The van der Waals surface area contributed by atoms with Gasteiger partial charge in [0.05, 0.1) is 12.7 Å². The Morgan fingerprint density at radius 3 is 2.59 bits per heavy atom. The van der Waals surface area contributed by atoms with Gasteiger partial charge in [0, 0.05) is 19.7 Å². The van der Waals surface area contributed by atoms with Gasteiger partial charge in [-0.25, -0.2) is 0 Å². The number of nitriles is 1. The number of likely N-dealkylation sites (N-methyl/N-ethyl adjacent to an activating group) is 1. The maximum atomic E-state index is 12.3. The van der Waals surface area contributed by atoms with Crippen LogP contribution in [0, 0.1) is 22.7 Å². The second-order valence-electron chi connectivity index (χ2n) is 4.79. The van der Waals surface area contributed by atoms with Gasteiger partial charge in [-0.15, -0.1) is 0 Å². The van der Waals surface area contributed by atoms with Crippen LogP contribution in [0.2, 0.25) is 0 Å². The molecule has 0 unspecified atom stereocenters. The first-order valence-corrected chi connectivity index (χ1v) is 6.38. The van der Waals surface area contributed by atoms with E-state index in [9.17, 15) is 10.1 Å². The fourth-order valence-corrected chi connectivity index (χ4v) is 2.47. The third-order valence-electron chi connectivity index (χ3n) is 3.40. The average molecular weight is 238 g/mol. The monoisotopic (exact) mass is 238 g/mol. The van der Waals surface area contributed by atoms with E-state index in [0.29, 0.717) is 45.1 Å². The van der Waals surface area contributed by atoms with Crippen LogP contribution in [-0.2, 0) is 9.53 Å². The van der Waals surface area contributed by atoms with Crippen molar-refractivity contribution in [1.29, 1.82) is 5.26 Å². The summed E-state index contributed by atoms with van der Waals surface area (Å²) in [7, 11) is 0. The summed E-state index contributed by atoms with van der Waals surface area (Å²) in [5.41, 5.74) is -0.748. The van der Waals surface area contributed by atoms with Gasteiger partial charge in [-0.2, -0.15) is 5.26 Å². The van der Waals surface area contributed by atoms with Gasteiger partial charge in [0.15, 0.2) is 0 Å². The van der Waals surface area contributed by atoms with E-state index in [2.05, 4.69) is 13.0 Å². The summed E-state index contributed by atoms with van der Waals surface area (Å²) < 4.78 is 5.26. The maximum absolute atomic E-state index is 12.3. The highest BCUT2D eigenvalue weighted by atomic mass is 16.5. The van der Waals surface area contributed by atoms with Crippen LogP contribution < -0.4 is 0 Å². The smallest absolute Gasteiger partial charge is 0.243 e. The Balaban J connectivity index is 2.57. The summed E-state index contributed by atoms with van der Waals surface area (Å²) in [6, 6.07) is 2.22. The maximum Gasteiger partial charge on any atom is 0.243 e. The van der Waals surface area contributed by atoms with Crippen molar-refractivity contribution < 1.29 is 9.53 Å². The molecule has 0 radical (unpaired) electrons. The highest BCUT2D eigenvalue weighted by molar-refractivity contribution is 5.86. The SMILES string of the molecule is CCOCCN(CC)C(=O)C1(C#N)CC(C)C1. The molecule has 4 heteroatoms. The van der Waals surface area contributed by atoms with Crippen molar-refractivity contribution in [2.45, 2.75) is 33.6 Å². The minimum atomic E-state index is -0.748. The molecule has 1 amide bonds. The first-order chi connectivity index (χ1) is 8.09. The number of carbonyl (C=O) groups excluding carboxylic acids is 1. The van der Waals surface area contributed by atoms with E-state index in [0.717, 1.165) is 0 Å². The largest absolute Gasteiger partial charge is 0.380 e. The number of ether oxygens (including phenoxy) is 1. The van der Waals surface area contributed by atoms with Gasteiger partial charge in [-0.3, -0.25) is 4.79 Å². The predicted molar refractivity (Wildman–Crippen MR) is 65.2 cm³/mol. The third-order valence-corrected chi connectivity index (χ3v) is 3.40. The van der Waals surface area contributed by atoms with Crippen molar-refractivity contribution in [2.75, 3.05) is 26.3 Å².